The Morgan fingerprint density at radius 3 is 2.39 bits per heavy atom. The Morgan fingerprint density at radius 1 is 1.06 bits per heavy atom. The number of hydrogen-bond acceptors (Lipinski definition) is 7. The molecule has 36 heavy (non-hydrogen) atoms. The van der Waals surface area contributed by atoms with Crippen molar-refractivity contribution in [2.75, 3.05) is 42.7 Å². The Hall–Kier alpha value is -4.01. The van der Waals surface area contributed by atoms with Crippen molar-refractivity contribution in [3.05, 3.63) is 71.7 Å². The number of nitrogens with one attached hydrogen (secondary N) is 2. The second-order valence-corrected chi connectivity index (χ2v) is 9.16. The Kier molecular flexibility index (Phi) is 7.77. The van der Waals surface area contributed by atoms with Gasteiger partial charge in [-0.2, -0.15) is 0 Å². The fraction of sp³-hybridized carbons (Fsp3) is 0.333. The number of rotatable bonds is 8. The molecule has 1 fully saturated rings. The summed E-state index contributed by atoms with van der Waals surface area (Å²) in [5.41, 5.74) is 3.09. The third-order valence-corrected chi connectivity index (χ3v) is 6.34. The summed E-state index contributed by atoms with van der Waals surface area (Å²) in [5, 5.41) is 14.5. The number of carbonyl (C=O) groups excluding carboxylic acids is 2. The van der Waals surface area contributed by atoms with E-state index >= 15 is 0 Å². The first-order valence-corrected chi connectivity index (χ1v) is 12.0. The van der Waals surface area contributed by atoms with Crippen LogP contribution in [0, 0.1) is 11.7 Å². The van der Waals surface area contributed by atoms with E-state index in [2.05, 4.69) is 25.7 Å². The van der Waals surface area contributed by atoms with E-state index in [4.69, 9.17) is 0 Å². The van der Waals surface area contributed by atoms with Crippen molar-refractivity contribution in [1.82, 2.24) is 15.1 Å². The lowest BCUT2D eigenvalue weighted by Crippen LogP contribution is -2.40. The smallest absolute Gasteiger partial charge is 0.225 e. The average Bonchev–Trinajstić information content (AvgIpc) is 2.88. The Balaban J connectivity index is 1.41. The van der Waals surface area contributed by atoms with E-state index in [0.717, 1.165) is 37.3 Å². The maximum atomic E-state index is 14.0. The number of hydrogen-bond donors (Lipinski definition) is 2. The van der Waals surface area contributed by atoms with Crippen molar-refractivity contribution >= 4 is 34.6 Å². The number of halogens is 1. The van der Waals surface area contributed by atoms with Crippen LogP contribution in [0.3, 0.4) is 0 Å². The van der Waals surface area contributed by atoms with Crippen molar-refractivity contribution in [2.45, 2.75) is 26.3 Å². The number of carbonyl (C=O) groups is 2. The van der Waals surface area contributed by atoms with Crippen molar-refractivity contribution < 1.29 is 14.0 Å². The molecule has 188 valence electrons. The second kappa shape index (κ2) is 11.2. The maximum absolute atomic E-state index is 14.0. The molecule has 0 unspecified atom stereocenters. The predicted octanol–water partition coefficient (Wildman–Crippen LogP) is 4.48. The molecule has 0 radical (unpaired) electrons. The number of amides is 1. The molecule has 2 heterocycles. The van der Waals surface area contributed by atoms with Gasteiger partial charge in [-0.1, -0.05) is 18.2 Å². The molecule has 1 aromatic heterocycles. The zero-order chi connectivity index (χ0) is 25.7. The molecule has 9 heteroatoms. The van der Waals surface area contributed by atoms with Gasteiger partial charge in [0.05, 0.1) is 5.69 Å². The molecule has 8 nitrogen and oxygen atoms in total. The van der Waals surface area contributed by atoms with Crippen LogP contribution in [0.5, 0.6) is 0 Å². The largest absolute Gasteiger partial charge is 0.379 e. The van der Waals surface area contributed by atoms with Gasteiger partial charge in [0.2, 0.25) is 5.91 Å². The van der Waals surface area contributed by atoms with Gasteiger partial charge >= 0.3 is 0 Å². The van der Waals surface area contributed by atoms with Gasteiger partial charge in [-0.3, -0.25) is 9.59 Å². The highest BCUT2D eigenvalue weighted by Gasteiger charge is 2.26. The molecule has 1 aliphatic rings. The van der Waals surface area contributed by atoms with Gasteiger partial charge in [0.25, 0.3) is 0 Å². The van der Waals surface area contributed by atoms with E-state index < -0.39 is 0 Å². The van der Waals surface area contributed by atoms with E-state index in [0.29, 0.717) is 17.1 Å². The molecule has 3 aromatic rings. The Labute approximate surface area is 210 Å². The molecule has 0 saturated carbocycles. The molecule has 1 aliphatic heterocycles. The van der Waals surface area contributed by atoms with Gasteiger partial charge in [0, 0.05) is 69.6 Å². The molecule has 2 N–H and O–H groups in total. The summed E-state index contributed by atoms with van der Waals surface area (Å²) in [4.78, 5) is 28.2. The first kappa shape index (κ1) is 25.1. The third-order valence-electron chi connectivity index (χ3n) is 6.34. The van der Waals surface area contributed by atoms with Crippen molar-refractivity contribution in [3.63, 3.8) is 0 Å². The molecule has 0 atom stereocenters. The fourth-order valence-corrected chi connectivity index (χ4v) is 4.33. The van der Waals surface area contributed by atoms with Gasteiger partial charge in [-0.05, 0) is 43.2 Å². The molecule has 1 amide bonds. The monoisotopic (exact) mass is 490 g/mol. The topological polar surface area (TPSA) is 90.5 Å². The molecule has 4 rings (SSSR count). The number of piperidine rings is 1. The lowest BCUT2D eigenvalue weighted by Gasteiger charge is -2.34. The normalized spacial score (nSPS) is 13.8. The molecular formula is C27H31FN6O2. The summed E-state index contributed by atoms with van der Waals surface area (Å²) in [6.45, 7) is 3.31. The van der Waals surface area contributed by atoms with Gasteiger partial charge in [-0.25, -0.2) is 4.39 Å². The van der Waals surface area contributed by atoms with Crippen LogP contribution in [-0.2, 0) is 11.3 Å². The molecule has 1 saturated heterocycles. The van der Waals surface area contributed by atoms with Crippen LogP contribution in [-0.4, -0.2) is 54.0 Å². The van der Waals surface area contributed by atoms with Gasteiger partial charge < -0.3 is 20.4 Å². The Morgan fingerprint density at radius 2 is 1.75 bits per heavy atom. The number of benzene rings is 2. The van der Waals surface area contributed by atoms with Crippen molar-refractivity contribution in [1.29, 1.82) is 0 Å². The Bertz CT molecular complexity index is 1220. The predicted molar refractivity (Wildman–Crippen MR) is 139 cm³/mol. The standard InChI is InChI=1S/C27H31FN6O2/c1-18(35)26-24(29-17-20-6-4-5-7-23(20)28)16-25(31-32-26)30-21-8-10-22(11-9-21)34-14-12-19(13-15-34)27(36)33(2)3/h4-11,16,19H,12-15,17H2,1-3H3,(H2,29,30,31). The number of anilines is 4. The van der Waals surface area contributed by atoms with E-state index in [-0.39, 0.29) is 35.7 Å². The third kappa shape index (κ3) is 5.97. The number of Topliss-reactive ketones (excluding diaryl/α,β-unsaturated/α-hetero) is 1. The fourth-order valence-electron chi connectivity index (χ4n) is 4.33. The van der Waals surface area contributed by atoms with E-state index in [9.17, 15) is 14.0 Å². The highest BCUT2D eigenvalue weighted by atomic mass is 19.1. The summed E-state index contributed by atoms with van der Waals surface area (Å²) in [6, 6.07) is 16.2. The summed E-state index contributed by atoms with van der Waals surface area (Å²) >= 11 is 0. The van der Waals surface area contributed by atoms with Crippen molar-refractivity contribution in [2.24, 2.45) is 5.92 Å². The highest BCUT2D eigenvalue weighted by molar-refractivity contribution is 5.97. The van der Waals surface area contributed by atoms with E-state index in [1.807, 2.05) is 24.3 Å². The maximum Gasteiger partial charge on any atom is 0.225 e. The van der Waals surface area contributed by atoms with Crippen LogP contribution in [0.25, 0.3) is 0 Å². The zero-order valence-electron chi connectivity index (χ0n) is 20.8. The van der Waals surface area contributed by atoms with Crippen LogP contribution < -0.4 is 15.5 Å². The van der Waals surface area contributed by atoms with Gasteiger partial charge in [0.1, 0.15) is 5.82 Å². The lowest BCUT2D eigenvalue weighted by molar-refractivity contribution is -0.133. The van der Waals surface area contributed by atoms with Crippen LogP contribution in [0.2, 0.25) is 0 Å². The SMILES string of the molecule is CC(=O)c1nnc(Nc2ccc(N3CCC(C(=O)N(C)C)CC3)cc2)cc1NCc1ccccc1F. The number of nitrogens with zero attached hydrogens (tertiary/aromatic N) is 4. The molecule has 0 bridgehead atoms. The number of aromatic nitrogens is 2. The van der Waals surface area contributed by atoms with Crippen LogP contribution >= 0.6 is 0 Å². The van der Waals surface area contributed by atoms with E-state index in [1.165, 1.54) is 13.0 Å². The van der Waals surface area contributed by atoms with Crippen LogP contribution in [0.1, 0.15) is 35.8 Å². The first-order valence-electron chi connectivity index (χ1n) is 12.0. The molecule has 0 spiro atoms. The lowest BCUT2D eigenvalue weighted by atomic mass is 9.95. The highest BCUT2D eigenvalue weighted by Crippen LogP contribution is 2.27. The summed E-state index contributed by atoms with van der Waals surface area (Å²) in [5.74, 6) is 0.212. The van der Waals surface area contributed by atoms with Crippen LogP contribution in [0.15, 0.2) is 54.6 Å². The minimum absolute atomic E-state index is 0.0925. The minimum atomic E-state index is -0.316. The van der Waals surface area contributed by atoms with Gasteiger partial charge in [-0.15, -0.1) is 10.2 Å². The summed E-state index contributed by atoms with van der Waals surface area (Å²) in [6.07, 6.45) is 1.69. The average molecular weight is 491 g/mol. The minimum Gasteiger partial charge on any atom is -0.379 e. The number of ketones is 1. The van der Waals surface area contributed by atoms with Gasteiger partial charge in [0.15, 0.2) is 17.3 Å². The second-order valence-electron chi connectivity index (χ2n) is 9.16. The quantitative estimate of drug-likeness (QED) is 0.450. The summed E-state index contributed by atoms with van der Waals surface area (Å²) < 4.78 is 14.0. The zero-order valence-corrected chi connectivity index (χ0v) is 20.8. The van der Waals surface area contributed by atoms with Crippen LogP contribution in [0.4, 0.5) is 27.3 Å². The molecular weight excluding hydrogens is 459 g/mol. The first-order chi connectivity index (χ1) is 17.3. The molecule has 0 aliphatic carbocycles. The van der Waals surface area contributed by atoms with Crippen molar-refractivity contribution in [3.8, 4) is 0 Å². The molecule has 2 aromatic carbocycles. The summed E-state index contributed by atoms with van der Waals surface area (Å²) in [7, 11) is 3.61. The van der Waals surface area contributed by atoms with E-state index in [1.54, 1.807) is 43.3 Å².